The summed E-state index contributed by atoms with van der Waals surface area (Å²) in [7, 11) is 0. The molecule has 3 aromatic rings. The Bertz CT molecular complexity index is 1070. The fourth-order valence-corrected chi connectivity index (χ4v) is 5.63. The molecule has 2 saturated carbocycles. The van der Waals surface area contributed by atoms with Gasteiger partial charge in [-0.25, -0.2) is 4.98 Å². The van der Waals surface area contributed by atoms with E-state index in [9.17, 15) is 9.59 Å². The van der Waals surface area contributed by atoms with Crippen molar-refractivity contribution < 1.29 is 9.59 Å². The minimum absolute atomic E-state index is 0.131. The van der Waals surface area contributed by atoms with E-state index in [1.807, 2.05) is 54.7 Å². The molecule has 6 heteroatoms. The molecule has 194 valence electrons. The monoisotopic (exact) mass is 498 g/mol. The number of anilines is 2. The maximum absolute atomic E-state index is 12.7. The van der Waals surface area contributed by atoms with Crippen LogP contribution in [0.2, 0.25) is 0 Å². The summed E-state index contributed by atoms with van der Waals surface area (Å²) in [5, 5.41) is 6.19. The zero-order valence-corrected chi connectivity index (χ0v) is 21.6. The van der Waals surface area contributed by atoms with Crippen molar-refractivity contribution in [2.75, 3.05) is 10.6 Å². The summed E-state index contributed by atoms with van der Waals surface area (Å²) < 4.78 is 0. The predicted molar refractivity (Wildman–Crippen MR) is 149 cm³/mol. The number of benzene rings is 2. The van der Waals surface area contributed by atoms with Crippen LogP contribution in [0.15, 0.2) is 54.7 Å². The zero-order valence-electron chi connectivity index (χ0n) is 21.6. The minimum atomic E-state index is 0.131. The van der Waals surface area contributed by atoms with E-state index < -0.39 is 0 Å². The van der Waals surface area contributed by atoms with Crippen molar-refractivity contribution in [2.24, 2.45) is 11.8 Å². The van der Waals surface area contributed by atoms with Crippen LogP contribution in [0.4, 0.5) is 11.4 Å². The summed E-state index contributed by atoms with van der Waals surface area (Å²) in [6.45, 7) is 0. The highest BCUT2D eigenvalue weighted by molar-refractivity contribution is 5.93. The van der Waals surface area contributed by atoms with Crippen molar-refractivity contribution in [2.45, 2.75) is 77.0 Å². The van der Waals surface area contributed by atoms with E-state index >= 15 is 0 Å². The molecule has 6 nitrogen and oxygen atoms in total. The number of carbonyl (C=O) groups excluding carboxylic acids is 2. The topological polar surface area (TPSA) is 86.9 Å². The van der Waals surface area contributed by atoms with Gasteiger partial charge < -0.3 is 15.6 Å². The first-order valence-electron chi connectivity index (χ1n) is 14.0. The van der Waals surface area contributed by atoms with E-state index in [2.05, 4.69) is 20.6 Å². The van der Waals surface area contributed by atoms with Crippen LogP contribution in [0.5, 0.6) is 0 Å². The van der Waals surface area contributed by atoms with Crippen LogP contribution in [-0.4, -0.2) is 21.8 Å². The number of nitrogens with one attached hydrogen (secondary N) is 3. The molecule has 0 bridgehead atoms. The molecular weight excluding hydrogens is 460 g/mol. The molecule has 2 aliphatic rings. The van der Waals surface area contributed by atoms with Gasteiger partial charge in [-0.15, -0.1) is 0 Å². The van der Waals surface area contributed by atoms with Gasteiger partial charge in [0.05, 0.1) is 11.9 Å². The number of H-pyrrole nitrogens is 1. The highest BCUT2D eigenvalue weighted by Crippen LogP contribution is 2.28. The van der Waals surface area contributed by atoms with E-state index in [0.29, 0.717) is 0 Å². The van der Waals surface area contributed by atoms with Crippen molar-refractivity contribution in [3.05, 3.63) is 54.7 Å². The fraction of sp³-hybridized carbons (Fsp3) is 0.452. The lowest BCUT2D eigenvalue weighted by Gasteiger charge is -2.14. The van der Waals surface area contributed by atoms with Gasteiger partial charge in [0.15, 0.2) is 0 Å². The smallest absolute Gasteiger partial charge is 0.227 e. The number of nitrogens with zero attached hydrogens (tertiary/aromatic N) is 1. The molecule has 2 fully saturated rings. The molecule has 0 radical (unpaired) electrons. The second-order valence-corrected chi connectivity index (χ2v) is 10.7. The van der Waals surface area contributed by atoms with Crippen molar-refractivity contribution in [1.29, 1.82) is 0 Å². The van der Waals surface area contributed by atoms with Gasteiger partial charge in [0, 0.05) is 28.8 Å². The van der Waals surface area contributed by atoms with Crippen LogP contribution in [0.3, 0.4) is 0 Å². The Morgan fingerprint density at radius 1 is 0.622 bits per heavy atom. The van der Waals surface area contributed by atoms with Crippen LogP contribution in [-0.2, 0) is 9.59 Å². The Kier molecular flexibility index (Phi) is 8.34. The SMILES string of the molecule is O=C(Nc1ccc(-c2cnc(-c3ccc(NC(=O)C4CCCCCC4)cc3)[nH]2)cc1)C1CCCCCC1. The minimum Gasteiger partial charge on any atom is -0.338 e. The first-order valence-corrected chi connectivity index (χ1v) is 14.0. The van der Waals surface area contributed by atoms with Gasteiger partial charge in [0.2, 0.25) is 11.8 Å². The van der Waals surface area contributed by atoms with Crippen LogP contribution in [0.1, 0.15) is 77.0 Å². The molecule has 5 rings (SSSR count). The lowest BCUT2D eigenvalue weighted by molar-refractivity contribution is -0.121. The summed E-state index contributed by atoms with van der Waals surface area (Å²) in [5.74, 6) is 1.33. The number of rotatable bonds is 6. The molecule has 0 saturated heterocycles. The number of amides is 2. The van der Waals surface area contributed by atoms with Gasteiger partial charge in [0.25, 0.3) is 0 Å². The van der Waals surface area contributed by atoms with Gasteiger partial charge in [-0.3, -0.25) is 9.59 Å². The van der Waals surface area contributed by atoms with Crippen molar-refractivity contribution >= 4 is 23.2 Å². The third-order valence-corrected chi connectivity index (χ3v) is 7.92. The van der Waals surface area contributed by atoms with Crippen LogP contribution < -0.4 is 10.6 Å². The normalized spacial score (nSPS) is 17.5. The Morgan fingerprint density at radius 2 is 1.05 bits per heavy atom. The number of aromatic nitrogens is 2. The lowest BCUT2D eigenvalue weighted by Crippen LogP contribution is -2.22. The largest absolute Gasteiger partial charge is 0.338 e. The summed E-state index contributed by atoms with van der Waals surface area (Å²) in [4.78, 5) is 33.3. The second kappa shape index (κ2) is 12.2. The zero-order chi connectivity index (χ0) is 25.5. The second-order valence-electron chi connectivity index (χ2n) is 10.7. The van der Waals surface area contributed by atoms with Gasteiger partial charge in [-0.05, 0) is 67.6 Å². The van der Waals surface area contributed by atoms with E-state index in [1.54, 1.807) is 0 Å². The van der Waals surface area contributed by atoms with Crippen molar-refractivity contribution in [3.8, 4) is 22.6 Å². The highest BCUT2D eigenvalue weighted by atomic mass is 16.2. The van der Waals surface area contributed by atoms with E-state index in [4.69, 9.17) is 0 Å². The highest BCUT2D eigenvalue weighted by Gasteiger charge is 2.21. The molecule has 2 amide bonds. The first-order chi connectivity index (χ1) is 18.2. The van der Waals surface area contributed by atoms with Crippen LogP contribution in [0, 0.1) is 11.8 Å². The van der Waals surface area contributed by atoms with Crippen molar-refractivity contribution in [1.82, 2.24) is 9.97 Å². The molecule has 1 aromatic heterocycles. The maximum atomic E-state index is 12.7. The summed E-state index contributed by atoms with van der Waals surface area (Å²) in [6, 6.07) is 15.8. The van der Waals surface area contributed by atoms with Crippen LogP contribution >= 0.6 is 0 Å². The number of hydrogen-bond acceptors (Lipinski definition) is 3. The summed E-state index contributed by atoms with van der Waals surface area (Å²) >= 11 is 0. The molecule has 0 unspecified atom stereocenters. The Morgan fingerprint density at radius 3 is 1.51 bits per heavy atom. The van der Waals surface area contributed by atoms with E-state index in [1.165, 1.54) is 25.7 Å². The third kappa shape index (κ3) is 6.68. The number of hydrogen-bond donors (Lipinski definition) is 3. The van der Waals surface area contributed by atoms with Gasteiger partial charge in [-0.1, -0.05) is 63.5 Å². The molecule has 3 N–H and O–H groups in total. The molecule has 2 aromatic carbocycles. The summed E-state index contributed by atoms with van der Waals surface area (Å²) in [6.07, 6.45) is 15.4. The first kappa shape index (κ1) is 25.2. The molecular formula is C31H38N4O2. The molecule has 0 spiro atoms. The van der Waals surface area contributed by atoms with Gasteiger partial charge >= 0.3 is 0 Å². The lowest BCUT2D eigenvalue weighted by atomic mass is 9.99. The Balaban J connectivity index is 1.18. The quantitative estimate of drug-likeness (QED) is 0.306. The molecule has 2 aliphatic carbocycles. The maximum Gasteiger partial charge on any atom is 0.227 e. The van der Waals surface area contributed by atoms with Crippen molar-refractivity contribution in [3.63, 3.8) is 0 Å². The van der Waals surface area contributed by atoms with Gasteiger partial charge in [-0.2, -0.15) is 0 Å². The Hall–Kier alpha value is -3.41. The molecule has 0 atom stereocenters. The third-order valence-electron chi connectivity index (χ3n) is 7.92. The van der Waals surface area contributed by atoms with Gasteiger partial charge in [0.1, 0.15) is 5.82 Å². The molecule has 1 heterocycles. The standard InChI is InChI=1S/C31H38N4O2/c36-30(24-9-5-1-2-6-10-24)33-26-17-13-22(14-18-26)28-21-32-29(35-28)23-15-19-27(20-16-23)34-31(37)25-11-7-3-4-8-12-25/h13-21,24-25H,1-12H2,(H,32,35)(H,33,36)(H,34,37). The average Bonchev–Trinajstić information content (AvgIpc) is 3.10. The van der Waals surface area contributed by atoms with Crippen LogP contribution in [0.25, 0.3) is 22.6 Å². The Labute approximate surface area is 219 Å². The average molecular weight is 499 g/mol. The predicted octanol–water partition coefficient (Wildman–Crippen LogP) is 7.56. The van der Waals surface area contributed by atoms with E-state index in [-0.39, 0.29) is 23.7 Å². The number of aromatic amines is 1. The molecule has 0 aliphatic heterocycles. The molecule has 37 heavy (non-hydrogen) atoms. The number of imidazole rings is 1. The summed E-state index contributed by atoms with van der Waals surface area (Å²) in [5.41, 5.74) is 4.55. The fourth-order valence-electron chi connectivity index (χ4n) is 5.63. The number of carbonyl (C=O) groups is 2. The van der Waals surface area contributed by atoms with E-state index in [0.717, 1.165) is 85.4 Å².